The van der Waals surface area contributed by atoms with Gasteiger partial charge >= 0.3 is 0 Å². The van der Waals surface area contributed by atoms with E-state index in [0.717, 1.165) is 19.3 Å². The summed E-state index contributed by atoms with van der Waals surface area (Å²) in [5.41, 5.74) is 24.3. The highest BCUT2D eigenvalue weighted by Crippen LogP contribution is 2.66. The van der Waals surface area contributed by atoms with Crippen LogP contribution in [-0.4, -0.2) is 12.3 Å². The number of benzene rings is 7. The third kappa shape index (κ3) is 5.33. The molecule has 1 saturated carbocycles. The fourth-order valence-corrected chi connectivity index (χ4v) is 14.8. The molecule has 4 atom stereocenters. The van der Waals surface area contributed by atoms with E-state index in [2.05, 4.69) is 230 Å². The summed E-state index contributed by atoms with van der Waals surface area (Å²) in [5.74, 6) is 0. The van der Waals surface area contributed by atoms with E-state index < -0.39 is 0 Å². The van der Waals surface area contributed by atoms with Crippen LogP contribution in [0.1, 0.15) is 135 Å². The molecular weight excluding hydrogens is 822 g/mol. The van der Waals surface area contributed by atoms with Crippen molar-refractivity contribution in [1.82, 2.24) is 0 Å². The largest absolute Gasteiger partial charge is 0.334 e. The Morgan fingerprint density at radius 3 is 1.91 bits per heavy atom. The summed E-state index contributed by atoms with van der Waals surface area (Å²) in [5, 5.41) is 0. The molecule has 7 aromatic rings. The van der Waals surface area contributed by atoms with Crippen molar-refractivity contribution >= 4 is 62.9 Å². The van der Waals surface area contributed by atoms with Gasteiger partial charge in [0.2, 0.25) is 0 Å². The average Bonchev–Trinajstić information content (AvgIpc) is 3.68. The highest BCUT2D eigenvalue weighted by atomic mass is 15.3. The molecule has 4 heterocycles. The van der Waals surface area contributed by atoms with E-state index in [9.17, 15) is 0 Å². The van der Waals surface area contributed by atoms with Gasteiger partial charge in [-0.05, 0) is 154 Å². The number of aryl methyl sites for hydroxylation is 1. The first-order chi connectivity index (χ1) is 32.5. The Balaban J connectivity index is 1.15. The average molecular weight is 888 g/mol. The Hall–Kier alpha value is -6.00. The Kier molecular flexibility index (Phi) is 8.57. The molecule has 0 bridgehead atoms. The number of rotatable bonds is 3. The number of hydrogen-bond donors (Lipinski definition) is 0. The maximum atomic E-state index is 2.89. The summed E-state index contributed by atoms with van der Waals surface area (Å²) in [6, 6.07) is 57.6. The van der Waals surface area contributed by atoms with Crippen molar-refractivity contribution in [3.8, 4) is 11.1 Å². The number of para-hydroxylation sites is 1. The lowest BCUT2D eigenvalue weighted by atomic mass is 9.33. The predicted octanol–water partition coefficient (Wildman–Crippen LogP) is 14.6. The quantitative estimate of drug-likeness (QED) is 0.164. The van der Waals surface area contributed by atoms with Crippen LogP contribution in [0.3, 0.4) is 0 Å². The van der Waals surface area contributed by atoms with Gasteiger partial charge in [0.05, 0.1) is 11.1 Å². The SMILES string of the molecule is CC(C)(C)c1ccc(N2c3ccc(C(C)(C)C)cc3B3c4cccc5c4N(c4cc(N6c7ccc(-c8ccccc8)cc7C7(C)CCCCC67C)cc2c43)C2(C)c3ccccc3CCC52C)cc1. The van der Waals surface area contributed by atoms with Crippen LogP contribution in [0.25, 0.3) is 11.1 Å². The van der Waals surface area contributed by atoms with Crippen LogP contribution in [0.5, 0.6) is 0 Å². The number of fused-ring (bicyclic) bond motifs is 12. The second-order valence-corrected chi connectivity index (χ2v) is 24.4. The smallest absolute Gasteiger partial charge is 0.252 e. The van der Waals surface area contributed by atoms with Gasteiger partial charge in [0, 0.05) is 50.6 Å². The Morgan fingerprint density at radius 2 is 1.15 bits per heavy atom. The van der Waals surface area contributed by atoms with Crippen LogP contribution in [0, 0.1) is 0 Å². The monoisotopic (exact) mass is 888 g/mol. The van der Waals surface area contributed by atoms with E-state index >= 15 is 0 Å². The van der Waals surface area contributed by atoms with Crippen LogP contribution in [0.15, 0.2) is 146 Å². The minimum absolute atomic E-state index is 0.00820. The minimum atomic E-state index is -0.318. The number of anilines is 7. The van der Waals surface area contributed by atoms with E-state index in [1.165, 1.54) is 120 Å². The molecule has 1 fully saturated rings. The van der Waals surface area contributed by atoms with E-state index in [1.54, 1.807) is 0 Å². The van der Waals surface area contributed by atoms with Gasteiger partial charge in [-0.25, -0.2) is 0 Å². The molecule has 0 spiro atoms. The van der Waals surface area contributed by atoms with Gasteiger partial charge in [0.25, 0.3) is 6.71 Å². The van der Waals surface area contributed by atoms with E-state index in [-0.39, 0.29) is 39.5 Å². The Morgan fingerprint density at radius 1 is 0.471 bits per heavy atom. The van der Waals surface area contributed by atoms with Crippen molar-refractivity contribution in [2.24, 2.45) is 0 Å². The van der Waals surface area contributed by atoms with Crippen molar-refractivity contribution < 1.29 is 0 Å². The Bertz CT molecular complexity index is 3250. The highest BCUT2D eigenvalue weighted by Gasteiger charge is 2.64. The van der Waals surface area contributed by atoms with Gasteiger partial charge in [-0.2, -0.15) is 0 Å². The second kappa shape index (κ2) is 13.8. The first-order valence-corrected chi connectivity index (χ1v) is 25.7. The van der Waals surface area contributed by atoms with Gasteiger partial charge in [0.15, 0.2) is 0 Å². The normalized spacial score (nSPS) is 25.0. The van der Waals surface area contributed by atoms with Crippen molar-refractivity contribution in [3.05, 3.63) is 179 Å². The maximum Gasteiger partial charge on any atom is 0.252 e. The molecule has 340 valence electrons. The lowest BCUT2D eigenvalue weighted by Crippen LogP contribution is -2.64. The number of nitrogens with zero attached hydrogens (tertiary/aromatic N) is 3. The van der Waals surface area contributed by atoms with Crippen molar-refractivity contribution in [2.45, 2.75) is 141 Å². The van der Waals surface area contributed by atoms with Crippen molar-refractivity contribution in [2.75, 3.05) is 14.7 Å². The summed E-state index contributed by atoms with van der Waals surface area (Å²) < 4.78 is 0. The molecule has 4 aliphatic heterocycles. The maximum absolute atomic E-state index is 2.89. The molecule has 0 aromatic heterocycles. The predicted molar refractivity (Wildman–Crippen MR) is 289 cm³/mol. The summed E-state index contributed by atoms with van der Waals surface area (Å²) in [6.45, 7) is 24.6. The summed E-state index contributed by atoms with van der Waals surface area (Å²) in [7, 11) is 0. The van der Waals surface area contributed by atoms with Gasteiger partial charge in [0.1, 0.15) is 0 Å². The molecule has 4 unspecified atom stereocenters. The standard InChI is InChI=1S/C64H66BN3/c1-59(2,3)44-26-29-46(30-27-44)66-54-32-28-45(60(4,5)6)38-52(54)65-51-24-18-23-49-58(51)68(64(10)48-22-15-14-21-42(48)33-36-62(49,64)8)56-40-47(39-55(66)57(56)65)67-53-31-25-43(41-19-12-11-13-20-41)37-50(53)61(7)34-16-17-35-63(61,67)9/h11-15,18-32,37-40H,16-17,33-36H2,1-10H3. The zero-order valence-electron chi connectivity index (χ0n) is 42.0. The van der Waals surface area contributed by atoms with Gasteiger partial charge in [-0.1, -0.05) is 171 Å². The molecule has 0 amide bonds. The first-order valence-electron chi connectivity index (χ1n) is 25.7. The number of hydrogen-bond acceptors (Lipinski definition) is 3. The zero-order valence-corrected chi connectivity index (χ0v) is 42.0. The molecule has 0 N–H and O–H groups in total. The third-order valence-corrected chi connectivity index (χ3v) is 19.0. The molecule has 6 aliphatic rings. The molecule has 2 aliphatic carbocycles. The lowest BCUT2D eigenvalue weighted by Gasteiger charge is -2.54. The van der Waals surface area contributed by atoms with E-state index in [1.807, 2.05) is 0 Å². The lowest BCUT2D eigenvalue weighted by molar-refractivity contribution is 0.195. The summed E-state index contributed by atoms with van der Waals surface area (Å²) in [6.07, 6.45) is 7.00. The van der Waals surface area contributed by atoms with Gasteiger partial charge in [-0.3, -0.25) is 0 Å². The Labute approximate surface area is 406 Å². The van der Waals surface area contributed by atoms with Gasteiger partial charge in [-0.15, -0.1) is 0 Å². The topological polar surface area (TPSA) is 9.72 Å². The van der Waals surface area contributed by atoms with Crippen LogP contribution < -0.4 is 31.1 Å². The highest BCUT2D eigenvalue weighted by molar-refractivity contribution is 7.00. The van der Waals surface area contributed by atoms with Gasteiger partial charge < -0.3 is 14.7 Å². The molecule has 13 rings (SSSR count). The molecule has 0 radical (unpaired) electrons. The van der Waals surface area contributed by atoms with Crippen LogP contribution in [0.4, 0.5) is 39.8 Å². The first kappa shape index (κ1) is 42.1. The third-order valence-electron chi connectivity index (χ3n) is 19.0. The zero-order chi connectivity index (χ0) is 46.9. The fourth-order valence-electron chi connectivity index (χ4n) is 14.8. The van der Waals surface area contributed by atoms with Crippen LogP contribution >= 0.6 is 0 Å². The summed E-state index contributed by atoms with van der Waals surface area (Å²) >= 11 is 0. The van der Waals surface area contributed by atoms with E-state index in [0.29, 0.717) is 0 Å². The van der Waals surface area contributed by atoms with Crippen molar-refractivity contribution in [3.63, 3.8) is 0 Å². The molecular formula is C64H66BN3. The van der Waals surface area contributed by atoms with Crippen LogP contribution in [0.2, 0.25) is 0 Å². The summed E-state index contributed by atoms with van der Waals surface area (Å²) in [4.78, 5) is 8.40. The molecule has 4 heteroatoms. The molecule has 0 saturated heterocycles. The van der Waals surface area contributed by atoms with Crippen molar-refractivity contribution in [1.29, 1.82) is 0 Å². The molecule has 68 heavy (non-hydrogen) atoms. The van der Waals surface area contributed by atoms with E-state index in [4.69, 9.17) is 0 Å². The second-order valence-electron chi connectivity index (χ2n) is 24.4. The van der Waals surface area contributed by atoms with Crippen LogP contribution in [-0.2, 0) is 33.6 Å². The molecule has 7 aromatic carbocycles. The fraction of sp³-hybridized carbons (Fsp3) is 0.344. The minimum Gasteiger partial charge on any atom is -0.334 e. The molecule has 3 nitrogen and oxygen atoms in total.